The molecule has 6 rings (SSSR count). The number of unbranched alkanes of at least 4 members (excludes halogenated alkanes) is 1. The number of carbonyl (C=O) groups excluding carboxylic acids is 1. The average Bonchev–Trinajstić information content (AvgIpc) is 3.57. The summed E-state index contributed by atoms with van der Waals surface area (Å²) < 4.78 is 30.4. The van der Waals surface area contributed by atoms with Gasteiger partial charge in [0.15, 0.2) is 5.60 Å². The first kappa shape index (κ1) is 26.3. The summed E-state index contributed by atoms with van der Waals surface area (Å²) in [6, 6.07) is 20.5. The van der Waals surface area contributed by atoms with Gasteiger partial charge in [-0.3, -0.25) is 0 Å². The first-order valence-electron chi connectivity index (χ1n) is 13.5. The van der Waals surface area contributed by atoms with Crippen LogP contribution in [0, 0.1) is 0 Å². The van der Waals surface area contributed by atoms with E-state index in [-0.39, 0.29) is 13.2 Å². The molecule has 2 heterocycles. The molecule has 9 nitrogen and oxygen atoms in total. The smallest absolute Gasteiger partial charge is 0.407 e. The van der Waals surface area contributed by atoms with Crippen molar-refractivity contribution < 1.29 is 38.7 Å². The fourth-order valence-electron chi connectivity index (χ4n) is 6.96. The van der Waals surface area contributed by atoms with Gasteiger partial charge in [-0.15, -0.1) is 0 Å². The number of carbonyl (C=O) groups is 1. The van der Waals surface area contributed by atoms with E-state index in [0.717, 1.165) is 11.1 Å². The lowest BCUT2D eigenvalue weighted by molar-refractivity contribution is -0.0444. The van der Waals surface area contributed by atoms with E-state index in [1.165, 1.54) is 0 Å². The first-order valence-corrected chi connectivity index (χ1v) is 13.5. The Morgan fingerprint density at radius 2 is 1.73 bits per heavy atom. The Morgan fingerprint density at radius 3 is 2.40 bits per heavy atom. The Hall–Kier alpha value is -3.95. The topological polar surface area (TPSA) is 116 Å². The van der Waals surface area contributed by atoms with Crippen LogP contribution in [0.15, 0.2) is 66.7 Å². The second-order valence-corrected chi connectivity index (χ2v) is 10.4. The summed E-state index contributed by atoms with van der Waals surface area (Å²) in [6.45, 7) is 0.133. The van der Waals surface area contributed by atoms with Crippen molar-refractivity contribution in [3.63, 3.8) is 0 Å². The maximum Gasteiger partial charge on any atom is 0.407 e. The molecule has 5 atom stereocenters. The molecule has 0 unspecified atom stereocenters. The third kappa shape index (κ3) is 3.64. The number of ether oxygens (including phenoxy) is 5. The molecule has 0 spiro atoms. The summed E-state index contributed by atoms with van der Waals surface area (Å²) in [4.78, 5) is 12.8. The van der Waals surface area contributed by atoms with Crippen LogP contribution in [0.2, 0.25) is 0 Å². The van der Waals surface area contributed by atoms with Crippen LogP contribution in [0.25, 0.3) is 0 Å². The zero-order chi connectivity index (χ0) is 27.9. The van der Waals surface area contributed by atoms with Gasteiger partial charge in [-0.25, -0.2) is 4.79 Å². The Kier molecular flexibility index (Phi) is 6.72. The van der Waals surface area contributed by atoms with Crippen molar-refractivity contribution in [3.05, 3.63) is 83.4 Å². The van der Waals surface area contributed by atoms with E-state index >= 15 is 0 Å². The van der Waals surface area contributed by atoms with E-state index in [9.17, 15) is 9.90 Å². The Bertz CT molecular complexity index is 1380. The third-order valence-electron chi connectivity index (χ3n) is 8.51. The van der Waals surface area contributed by atoms with Gasteiger partial charge >= 0.3 is 6.09 Å². The van der Waals surface area contributed by atoms with Crippen molar-refractivity contribution in [3.8, 4) is 23.0 Å². The number of rotatable bonds is 10. The summed E-state index contributed by atoms with van der Waals surface area (Å²) in [5, 5.41) is 23.6. The van der Waals surface area contributed by atoms with Crippen LogP contribution in [0.3, 0.4) is 0 Å². The predicted molar refractivity (Wildman–Crippen MR) is 145 cm³/mol. The van der Waals surface area contributed by atoms with Gasteiger partial charge in [0, 0.05) is 18.7 Å². The Morgan fingerprint density at radius 1 is 0.950 bits per heavy atom. The predicted octanol–water partition coefficient (Wildman–Crippen LogP) is 3.65. The van der Waals surface area contributed by atoms with Gasteiger partial charge in [0.1, 0.15) is 34.5 Å². The number of hydrogen-bond donors (Lipinski definition) is 3. The summed E-state index contributed by atoms with van der Waals surface area (Å²) in [5.74, 6) is 1.75. The molecule has 9 heteroatoms. The van der Waals surface area contributed by atoms with Crippen LogP contribution in [0.4, 0.5) is 4.79 Å². The molecule has 1 saturated heterocycles. The maximum absolute atomic E-state index is 12.8. The van der Waals surface area contributed by atoms with E-state index in [2.05, 4.69) is 5.32 Å². The zero-order valence-corrected chi connectivity index (χ0v) is 22.5. The Balaban J connectivity index is 1.60. The number of aliphatic hydroxyl groups excluding tert-OH is 2. The highest BCUT2D eigenvalue weighted by atomic mass is 16.6. The number of methoxy groups -OCH3 is 2. The molecule has 3 aliphatic rings. The number of amides is 1. The summed E-state index contributed by atoms with van der Waals surface area (Å²) >= 11 is 0. The maximum atomic E-state index is 12.8. The standard InChI is InChI=1S/C31H33NO8/c1-36-21-12-10-20(11-13-21)31-25(19-8-4-3-5-9-19)27-28(39-29(35)32-27)30(31,18-34)26-23(37-2)16-22(17-24(26)40-31)38-15-7-6-14-33/h3-5,8-13,16-17,25,27-28,33-34H,6-7,14-15,18H2,1-2H3,(H,32,35)/t25-,27-,28-,30-,31+/m1/s1. The highest BCUT2D eigenvalue weighted by Crippen LogP contribution is 2.70. The summed E-state index contributed by atoms with van der Waals surface area (Å²) in [6.07, 6.45) is 0.0220. The largest absolute Gasteiger partial charge is 0.497 e. The van der Waals surface area contributed by atoms with Crippen molar-refractivity contribution in [2.75, 3.05) is 34.0 Å². The lowest BCUT2D eigenvalue weighted by Crippen LogP contribution is -2.55. The van der Waals surface area contributed by atoms with Crippen LogP contribution in [0.1, 0.15) is 35.4 Å². The van der Waals surface area contributed by atoms with E-state index in [1.54, 1.807) is 26.4 Å². The molecule has 3 aromatic carbocycles. The second-order valence-electron chi connectivity index (χ2n) is 10.4. The molecule has 3 N–H and O–H groups in total. The molecule has 2 aliphatic heterocycles. The van der Waals surface area contributed by atoms with Gasteiger partial charge in [0.2, 0.25) is 0 Å². The molecule has 1 saturated carbocycles. The zero-order valence-electron chi connectivity index (χ0n) is 22.5. The number of aliphatic hydroxyl groups is 2. The lowest BCUT2D eigenvalue weighted by atomic mass is 9.64. The number of benzene rings is 3. The summed E-state index contributed by atoms with van der Waals surface area (Å²) in [5.41, 5.74) is -0.0549. The lowest BCUT2D eigenvalue weighted by Gasteiger charge is -2.43. The van der Waals surface area contributed by atoms with Gasteiger partial charge in [0.25, 0.3) is 0 Å². The van der Waals surface area contributed by atoms with E-state index in [1.807, 2.05) is 54.6 Å². The van der Waals surface area contributed by atoms with E-state index in [0.29, 0.717) is 48.0 Å². The van der Waals surface area contributed by atoms with Crippen molar-refractivity contribution in [1.82, 2.24) is 5.32 Å². The van der Waals surface area contributed by atoms with Gasteiger partial charge in [0.05, 0.1) is 45.0 Å². The van der Waals surface area contributed by atoms with E-state index in [4.69, 9.17) is 28.8 Å². The van der Waals surface area contributed by atoms with E-state index < -0.39 is 35.2 Å². The number of fused-ring (bicyclic) bond motifs is 5. The number of nitrogens with one attached hydrogen (secondary N) is 1. The minimum Gasteiger partial charge on any atom is -0.497 e. The van der Waals surface area contributed by atoms with Crippen molar-refractivity contribution >= 4 is 6.09 Å². The fourth-order valence-corrected chi connectivity index (χ4v) is 6.96. The fraction of sp³-hybridized carbons (Fsp3) is 0.387. The molecule has 1 aliphatic carbocycles. The van der Waals surface area contributed by atoms with Gasteiger partial charge in [-0.05, 0) is 36.1 Å². The summed E-state index contributed by atoms with van der Waals surface area (Å²) in [7, 11) is 3.17. The first-order chi connectivity index (χ1) is 19.5. The minimum atomic E-state index is -1.22. The SMILES string of the molecule is COc1ccc([C@@]23Oc4cc(OCCCCO)cc(OC)c4[C@]2(CO)[C@@H]2OC(=O)N[C@@H]2[C@H]3c2ccccc2)cc1. The van der Waals surface area contributed by atoms with Gasteiger partial charge < -0.3 is 39.2 Å². The quantitative estimate of drug-likeness (QED) is 0.330. The normalized spacial score (nSPS) is 27.6. The molecule has 210 valence electrons. The monoisotopic (exact) mass is 547 g/mol. The highest BCUT2D eigenvalue weighted by Gasteiger charge is 2.79. The highest BCUT2D eigenvalue weighted by molar-refractivity contribution is 5.75. The second kappa shape index (κ2) is 10.2. The molecule has 0 radical (unpaired) electrons. The van der Waals surface area contributed by atoms with Crippen molar-refractivity contribution in [1.29, 1.82) is 0 Å². The molecule has 0 bridgehead atoms. The molecular formula is C31H33NO8. The Labute approximate surface area is 232 Å². The molecule has 2 fully saturated rings. The minimum absolute atomic E-state index is 0.0968. The van der Waals surface area contributed by atoms with Gasteiger partial charge in [-0.2, -0.15) is 0 Å². The number of alkyl carbamates (subject to hydrolysis) is 1. The van der Waals surface area contributed by atoms with Crippen LogP contribution < -0.4 is 24.3 Å². The molecule has 3 aromatic rings. The van der Waals surface area contributed by atoms with Crippen molar-refractivity contribution in [2.24, 2.45) is 0 Å². The van der Waals surface area contributed by atoms with Crippen molar-refractivity contribution in [2.45, 2.75) is 41.9 Å². The van der Waals surface area contributed by atoms with Crippen LogP contribution in [-0.2, 0) is 15.8 Å². The van der Waals surface area contributed by atoms with Crippen LogP contribution in [-0.4, -0.2) is 62.5 Å². The van der Waals surface area contributed by atoms with Gasteiger partial charge in [-0.1, -0.05) is 42.5 Å². The van der Waals surface area contributed by atoms with Crippen LogP contribution >= 0.6 is 0 Å². The molecular weight excluding hydrogens is 514 g/mol. The number of hydrogen-bond acceptors (Lipinski definition) is 8. The average molecular weight is 548 g/mol. The third-order valence-corrected chi connectivity index (χ3v) is 8.51. The molecule has 40 heavy (non-hydrogen) atoms. The molecule has 1 amide bonds. The molecule has 0 aromatic heterocycles. The van der Waals surface area contributed by atoms with Crippen LogP contribution in [0.5, 0.6) is 23.0 Å².